The third kappa shape index (κ3) is 2.77. The summed E-state index contributed by atoms with van der Waals surface area (Å²) in [4.78, 5) is 0.901. The molecule has 100 valence electrons. The maximum Gasteiger partial charge on any atom is 0.264 e. The molecule has 0 aromatic heterocycles. The number of hydrogen-bond donors (Lipinski definition) is 1. The molecule has 2 aromatic rings. The third-order valence-electron chi connectivity index (χ3n) is 2.90. The average molecular weight is 293 g/mol. The highest BCUT2D eigenvalue weighted by molar-refractivity contribution is 7.92. The zero-order valence-electron chi connectivity index (χ0n) is 10.7. The van der Waals surface area contributed by atoms with Crippen LogP contribution in [0.15, 0.2) is 58.3 Å². The fourth-order valence-corrected chi connectivity index (χ4v) is 3.32. The van der Waals surface area contributed by atoms with E-state index in [9.17, 15) is 8.42 Å². The lowest BCUT2D eigenvalue weighted by atomic mass is 10.2. The molecule has 2 aromatic carbocycles. The van der Waals surface area contributed by atoms with E-state index in [4.69, 9.17) is 0 Å². The molecule has 0 heterocycles. The number of para-hydroxylation sites is 1. The molecule has 0 aliphatic carbocycles. The minimum atomic E-state index is -3.55. The van der Waals surface area contributed by atoms with Crippen LogP contribution >= 0.6 is 12.6 Å². The molecule has 0 spiro atoms. The first kappa shape index (κ1) is 14.0. The van der Waals surface area contributed by atoms with Crippen LogP contribution < -0.4 is 4.31 Å². The van der Waals surface area contributed by atoms with Gasteiger partial charge >= 0.3 is 0 Å². The molecule has 0 N–H and O–H groups in total. The summed E-state index contributed by atoms with van der Waals surface area (Å²) in [6, 6.07) is 13.9. The highest BCUT2D eigenvalue weighted by atomic mass is 32.2. The van der Waals surface area contributed by atoms with Crippen molar-refractivity contribution in [2.24, 2.45) is 0 Å². The van der Waals surface area contributed by atoms with E-state index in [1.807, 2.05) is 13.0 Å². The summed E-state index contributed by atoms with van der Waals surface area (Å²) in [6.07, 6.45) is 0. The smallest absolute Gasteiger partial charge is 0.264 e. The minimum Gasteiger partial charge on any atom is -0.268 e. The van der Waals surface area contributed by atoms with E-state index in [0.29, 0.717) is 10.6 Å². The van der Waals surface area contributed by atoms with E-state index in [0.717, 1.165) is 5.56 Å². The Labute approximate surface area is 119 Å². The van der Waals surface area contributed by atoms with Gasteiger partial charge in [-0.15, -0.1) is 12.6 Å². The summed E-state index contributed by atoms with van der Waals surface area (Å²) in [7, 11) is -2.01. The predicted molar refractivity (Wildman–Crippen MR) is 80.5 cm³/mol. The van der Waals surface area contributed by atoms with Gasteiger partial charge in [0, 0.05) is 11.9 Å². The molecule has 0 aliphatic heterocycles. The Hall–Kier alpha value is -1.46. The van der Waals surface area contributed by atoms with Crippen molar-refractivity contribution in [3.63, 3.8) is 0 Å². The lowest BCUT2D eigenvalue weighted by Gasteiger charge is -2.21. The highest BCUT2D eigenvalue weighted by Gasteiger charge is 2.22. The van der Waals surface area contributed by atoms with Gasteiger partial charge < -0.3 is 0 Å². The molecule has 0 amide bonds. The quantitative estimate of drug-likeness (QED) is 0.883. The number of hydrogen-bond acceptors (Lipinski definition) is 3. The molecule has 0 saturated carbocycles. The Balaban J connectivity index is 2.45. The molecular formula is C14H15NO2S2. The first-order chi connectivity index (χ1) is 8.93. The van der Waals surface area contributed by atoms with E-state index in [-0.39, 0.29) is 4.90 Å². The number of benzene rings is 2. The molecular weight excluding hydrogens is 278 g/mol. The van der Waals surface area contributed by atoms with E-state index in [1.165, 1.54) is 11.4 Å². The maximum absolute atomic E-state index is 12.5. The van der Waals surface area contributed by atoms with Crippen LogP contribution in [-0.2, 0) is 10.0 Å². The van der Waals surface area contributed by atoms with Gasteiger partial charge in [0.2, 0.25) is 0 Å². The summed E-state index contributed by atoms with van der Waals surface area (Å²) < 4.78 is 26.2. The van der Waals surface area contributed by atoms with Crippen LogP contribution in [0.5, 0.6) is 0 Å². The number of aryl methyl sites for hydroxylation is 1. The molecule has 0 radical (unpaired) electrons. The first-order valence-corrected chi connectivity index (χ1v) is 7.65. The number of anilines is 1. The number of rotatable bonds is 3. The molecule has 5 heteroatoms. The molecule has 0 fully saturated rings. The Morgan fingerprint density at radius 1 is 1.00 bits per heavy atom. The van der Waals surface area contributed by atoms with Crippen molar-refractivity contribution in [3.8, 4) is 0 Å². The molecule has 0 aliphatic rings. The molecule has 0 bridgehead atoms. The SMILES string of the molecule is Cc1ccc(S(=O)(=O)N(C)c2ccccc2S)cc1. The molecule has 19 heavy (non-hydrogen) atoms. The maximum atomic E-state index is 12.5. The van der Waals surface area contributed by atoms with Crippen LogP contribution in [0.3, 0.4) is 0 Å². The fourth-order valence-electron chi connectivity index (χ4n) is 1.73. The molecule has 0 atom stereocenters. The zero-order valence-corrected chi connectivity index (χ0v) is 12.4. The van der Waals surface area contributed by atoms with Crippen molar-refractivity contribution in [3.05, 3.63) is 54.1 Å². The van der Waals surface area contributed by atoms with Crippen LogP contribution in [0.4, 0.5) is 5.69 Å². The largest absolute Gasteiger partial charge is 0.268 e. The van der Waals surface area contributed by atoms with Gasteiger partial charge in [0.05, 0.1) is 10.6 Å². The lowest BCUT2D eigenvalue weighted by Crippen LogP contribution is -2.26. The highest BCUT2D eigenvalue weighted by Crippen LogP contribution is 2.27. The van der Waals surface area contributed by atoms with Gasteiger partial charge in [-0.2, -0.15) is 0 Å². The summed E-state index contributed by atoms with van der Waals surface area (Å²) >= 11 is 4.29. The van der Waals surface area contributed by atoms with Crippen LogP contribution in [0.1, 0.15) is 5.56 Å². The fraction of sp³-hybridized carbons (Fsp3) is 0.143. The third-order valence-corrected chi connectivity index (χ3v) is 5.06. The number of thiol groups is 1. The topological polar surface area (TPSA) is 37.4 Å². The van der Waals surface area contributed by atoms with E-state index in [1.54, 1.807) is 42.5 Å². The Kier molecular flexibility index (Phi) is 3.87. The number of nitrogens with zero attached hydrogens (tertiary/aromatic N) is 1. The van der Waals surface area contributed by atoms with E-state index < -0.39 is 10.0 Å². The van der Waals surface area contributed by atoms with Gasteiger partial charge in [0.25, 0.3) is 10.0 Å². The summed E-state index contributed by atoms with van der Waals surface area (Å²) in [5, 5.41) is 0. The number of sulfonamides is 1. The monoisotopic (exact) mass is 293 g/mol. The summed E-state index contributed by atoms with van der Waals surface area (Å²) in [5.41, 5.74) is 1.59. The normalized spacial score (nSPS) is 11.3. The van der Waals surface area contributed by atoms with Gasteiger partial charge in [0.15, 0.2) is 0 Å². The average Bonchev–Trinajstić information content (AvgIpc) is 2.39. The molecule has 2 rings (SSSR count). The molecule has 0 saturated heterocycles. The van der Waals surface area contributed by atoms with Crippen LogP contribution in [0.2, 0.25) is 0 Å². The standard InChI is InChI=1S/C14H15NO2S2/c1-11-7-9-12(10-8-11)19(16,17)15(2)13-5-3-4-6-14(13)18/h3-10,18H,1-2H3. The Morgan fingerprint density at radius 3 is 2.16 bits per heavy atom. The first-order valence-electron chi connectivity index (χ1n) is 5.76. The second-order valence-electron chi connectivity index (χ2n) is 4.27. The zero-order chi connectivity index (χ0) is 14.0. The van der Waals surface area contributed by atoms with Crippen LogP contribution in [0.25, 0.3) is 0 Å². The van der Waals surface area contributed by atoms with Gasteiger partial charge in [0.1, 0.15) is 0 Å². The Morgan fingerprint density at radius 2 is 1.58 bits per heavy atom. The van der Waals surface area contributed by atoms with Crippen molar-refractivity contribution in [1.82, 2.24) is 0 Å². The van der Waals surface area contributed by atoms with Crippen LogP contribution in [-0.4, -0.2) is 15.5 Å². The van der Waals surface area contributed by atoms with Gasteiger partial charge in [-0.1, -0.05) is 29.8 Å². The summed E-state index contributed by atoms with van der Waals surface area (Å²) in [6.45, 7) is 1.92. The van der Waals surface area contributed by atoms with Crippen molar-refractivity contribution < 1.29 is 8.42 Å². The van der Waals surface area contributed by atoms with Crippen molar-refractivity contribution in [2.75, 3.05) is 11.4 Å². The summed E-state index contributed by atoms with van der Waals surface area (Å²) in [5.74, 6) is 0. The van der Waals surface area contributed by atoms with Gasteiger partial charge in [-0.3, -0.25) is 4.31 Å². The second kappa shape index (κ2) is 5.27. The van der Waals surface area contributed by atoms with Crippen molar-refractivity contribution in [1.29, 1.82) is 0 Å². The van der Waals surface area contributed by atoms with E-state index in [2.05, 4.69) is 12.6 Å². The second-order valence-corrected chi connectivity index (χ2v) is 6.73. The minimum absolute atomic E-state index is 0.275. The predicted octanol–water partition coefficient (Wildman–Crippen LogP) is 3.11. The van der Waals surface area contributed by atoms with E-state index >= 15 is 0 Å². The molecule has 3 nitrogen and oxygen atoms in total. The Bertz CT molecular complexity index is 679. The lowest BCUT2D eigenvalue weighted by molar-refractivity contribution is 0.594. The van der Waals surface area contributed by atoms with Gasteiger partial charge in [-0.05, 0) is 31.2 Å². The molecule has 0 unspecified atom stereocenters. The van der Waals surface area contributed by atoms with Crippen molar-refractivity contribution >= 4 is 28.3 Å². The van der Waals surface area contributed by atoms with Gasteiger partial charge in [-0.25, -0.2) is 8.42 Å². The van der Waals surface area contributed by atoms with Crippen molar-refractivity contribution in [2.45, 2.75) is 16.7 Å². The van der Waals surface area contributed by atoms with Crippen LogP contribution in [0, 0.1) is 6.92 Å².